The Bertz CT molecular complexity index is 1010. The number of hydrogen-bond acceptors (Lipinski definition) is 7. The monoisotopic (exact) mass is 355 g/mol. The minimum Gasteiger partial charge on any atom is -0.467 e. The first-order chi connectivity index (χ1) is 12.6. The molecule has 0 atom stereocenters. The van der Waals surface area contributed by atoms with Crippen LogP contribution in [0.3, 0.4) is 0 Å². The molecule has 132 valence electrons. The van der Waals surface area contributed by atoms with Crippen molar-refractivity contribution in [1.82, 2.24) is 10.2 Å². The van der Waals surface area contributed by atoms with Crippen LogP contribution in [0, 0.1) is 10.1 Å². The van der Waals surface area contributed by atoms with E-state index >= 15 is 0 Å². The second-order valence-electron chi connectivity index (χ2n) is 5.65. The number of nitrogens with one attached hydrogen (secondary N) is 1. The molecule has 2 heterocycles. The summed E-state index contributed by atoms with van der Waals surface area (Å²) in [4.78, 5) is 23.0. The number of carbonyl (C=O) groups is 1. The van der Waals surface area contributed by atoms with E-state index in [-0.39, 0.29) is 31.4 Å². The zero-order chi connectivity index (χ0) is 18.1. The lowest BCUT2D eigenvalue weighted by molar-refractivity contribution is -0.385. The van der Waals surface area contributed by atoms with Crippen molar-refractivity contribution in [3.8, 4) is 5.75 Å². The van der Waals surface area contributed by atoms with Gasteiger partial charge in [0.1, 0.15) is 12.4 Å². The van der Waals surface area contributed by atoms with Gasteiger partial charge >= 0.3 is 5.97 Å². The summed E-state index contributed by atoms with van der Waals surface area (Å²) in [5, 5.41) is 18.5. The smallest absolute Gasteiger partial charge is 0.359 e. The molecule has 0 spiro atoms. The lowest BCUT2D eigenvalue weighted by atomic mass is 10.1. The predicted octanol–water partition coefficient (Wildman–Crippen LogP) is 2.69. The average molecular weight is 355 g/mol. The number of carbonyl (C=O) groups excluding carboxylic acids is 1. The van der Waals surface area contributed by atoms with Crippen LogP contribution in [-0.4, -0.2) is 27.9 Å². The molecule has 0 fully saturated rings. The number of rotatable bonds is 4. The molecule has 0 saturated heterocycles. The first-order valence-corrected chi connectivity index (χ1v) is 7.74. The molecule has 0 aliphatic carbocycles. The number of fused-ring (bicyclic) bond motifs is 2. The number of nitrogens with zero attached hydrogens (tertiary/aromatic N) is 2. The van der Waals surface area contributed by atoms with Crippen molar-refractivity contribution < 1.29 is 23.9 Å². The Labute approximate surface area is 146 Å². The number of ether oxygens (including phenoxy) is 3. The van der Waals surface area contributed by atoms with Crippen molar-refractivity contribution in [2.75, 3.05) is 6.79 Å². The first kappa shape index (κ1) is 16.0. The van der Waals surface area contributed by atoms with Gasteiger partial charge in [0.2, 0.25) is 0 Å². The first-order valence-electron chi connectivity index (χ1n) is 7.74. The van der Waals surface area contributed by atoms with E-state index in [0.717, 1.165) is 0 Å². The Balaban J connectivity index is 1.60. The molecule has 3 aromatic rings. The van der Waals surface area contributed by atoms with Crippen LogP contribution in [0.2, 0.25) is 0 Å². The predicted molar refractivity (Wildman–Crippen MR) is 88.6 cm³/mol. The molecule has 9 nitrogen and oxygen atoms in total. The van der Waals surface area contributed by atoms with Crippen LogP contribution in [0.1, 0.15) is 21.6 Å². The van der Waals surface area contributed by atoms with E-state index in [2.05, 4.69) is 10.2 Å². The van der Waals surface area contributed by atoms with Crippen molar-refractivity contribution in [2.24, 2.45) is 0 Å². The lowest BCUT2D eigenvalue weighted by Gasteiger charge is -2.20. The second-order valence-corrected chi connectivity index (χ2v) is 5.65. The molecule has 0 amide bonds. The van der Waals surface area contributed by atoms with Crippen LogP contribution in [0.5, 0.6) is 5.75 Å². The van der Waals surface area contributed by atoms with E-state index in [1.54, 1.807) is 18.2 Å². The van der Waals surface area contributed by atoms with Gasteiger partial charge in [-0.25, -0.2) is 4.79 Å². The maximum atomic E-state index is 12.4. The van der Waals surface area contributed by atoms with Crippen molar-refractivity contribution in [1.29, 1.82) is 0 Å². The normalized spacial score (nSPS) is 13.1. The van der Waals surface area contributed by atoms with E-state index in [1.807, 2.05) is 6.07 Å². The van der Waals surface area contributed by atoms with E-state index in [1.165, 1.54) is 12.1 Å². The summed E-state index contributed by atoms with van der Waals surface area (Å²) >= 11 is 0. The Morgan fingerprint density at radius 2 is 2.19 bits per heavy atom. The minimum absolute atomic E-state index is 0.0375. The second kappa shape index (κ2) is 6.45. The van der Waals surface area contributed by atoms with Gasteiger partial charge < -0.3 is 14.2 Å². The third kappa shape index (κ3) is 2.84. The van der Waals surface area contributed by atoms with Crippen molar-refractivity contribution in [3.05, 3.63) is 63.3 Å². The van der Waals surface area contributed by atoms with Crippen molar-refractivity contribution in [2.45, 2.75) is 13.2 Å². The molecule has 1 aromatic heterocycles. The molecule has 1 N–H and O–H groups in total. The summed E-state index contributed by atoms with van der Waals surface area (Å²) in [6, 6.07) is 9.89. The van der Waals surface area contributed by atoms with E-state index in [0.29, 0.717) is 27.8 Å². The SMILES string of the molecule is O=C(OCc1cc([N+](=O)[O-])cc2c1OCOC2)c1n[nH]c2ccccc12. The number of benzene rings is 2. The number of H-pyrrole nitrogens is 1. The van der Waals surface area contributed by atoms with Gasteiger partial charge in [0.25, 0.3) is 5.69 Å². The summed E-state index contributed by atoms with van der Waals surface area (Å²) in [7, 11) is 0. The lowest BCUT2D eigenvalue weighted by Crippen LogP contribution is -2.15. The van der Waals surface area contributed by atoms with E-state index in [9.17, 15) is 14.9 Å². The third-order valence-electron chi connectivity index (χ3n) is 4.00. The highest BCUT2D eigenvalue weighted by atomic mass is 16.7. The molecule has 26 heavy (non-hydrogen) atoms. The molecular weight excluding hydrogens is 342 g/mol. The van der Waals surface area contributed by atoms with Crippen LogP contribution in [0.15, 0.2) is 36.4 Å². The Kier molecular flexibility index (Phi) is 3.98. The number of aromatic nitrogens is 2. The number of aromatic amines is 1. The summed E-state index contributed by atoms with van der Waals surface area (Å²) in [6.45, 7) is 0.0573. The largest absolute Gasteiger partial charge is 0.467 e. The summed E-state index contributed by atoms with van der Waals surface area (Å²) in [5.41, 5.74) is 1.71. The van der Waals surface area contributed by atoms with Crippen LogP contribution < -0.4 is 4.74 Å². The Morgan fingerprint density at radius 3 is 3.04 bits per heavy atom. The number of hydrogen-bond donors (Lipinski definition) is 1. The van der Waals surface area contributed by atoms with Crippen molar-refractivity contribution in [3.63, 3.8) is 0 Å². The molecule has 2 aromatic carbocycles. The van der Waals surface area contributed by atoms with Gasteiger partial charge in [0.05, 0.1) is 17.0 Å². The highest BCUT2D eigenvalue weighted by Gasteiger charge is 2.23. The highest BCUT2D eigenvalue weighted by Crippen LogP contribution is 2.33. The minimum atomic E-state index is -0.630. The average Bonchev–Trinajstić information content (AvgIpc) is 3.09. The van der Waals surface area contributed by atoms with Gasteiger partial charge in [-0.15, -0.1) is 0 Å². The number of non-ortho nitro benzene ring substituents is 1. The van der Waals surface area contributed by atoms with Crippen LogP contribution in [0.4, 0.5) is 5.69 Å². The molecule has 4 rings (SSSR count). The number of nitro benzene ring substituents is 1. The number of para-hydroxylation sites is 1. The molecule has 0 radical (unpaired) electrons. The third-order valence-corrected chi connectivity index (χ3v) is 4.00. The van der Waals surface area contributed by atoms with Crippen LogP contribution >= 0.6 is 0 Å². The fourth-order valence-corrected chi connectivity index (χ4v) is 2.82. The Hall–Kier alpha value is -3.46. The number of nitro groups is 1. The quantitative estimate of drug-likeness (QED) is 0.434. The maximum Gasteiger partial charge on any atom is 0.359 e. The molecule has 9 heteroatoms. The van der Waals surface area contributed by atoms with Gasteiger partial charge in [-0.05, 0) is 6.07 Å². The molecule has 1 aliphatic rings. The fourth-order valence-electron chi connectivity index (χ4n) is 2.82. The van der Waals surface area contributed by atoms with E-state index in [4.69, 9.17) is 14.2 Å². The summed E-state index contributed by atoms with van der Waals surface area (Å²) in [5.74, 6) is -0.184. The van der Waals surface area contributed by atoms with Crippen LogP contribution in [0.25, 0.3) is 10.9 Å². The summed E-state index contributed by atoms with van der Waals surface area (Å²) < 4.78 is 15.9. The van der Waals surface area contributed by atoms with Gasteiger partial charge in [0.15, 0.2) is 12.5 Å². The van der Waals surface area contributed by atoms with Crippen LogP contribution in [-0.2, 0) is 22.7 Å². The standard InChI is InChI=1S/C17H13N3O6/c21-17(15-13-3-1-2-4-14(13)18-19-15)25-8-11-6-12(20(22)23)5-10-7-24-9-26-16(10)11/h1-6H,7-9H2,(H,18,19). The molecular formula is C17H13N3O6. The van der Waals surface area contributed by atoms with Gasteiger partial charge in [-0.1, -0.05) is 18.2 Å². The molecule has 0 saturated carbocycles. The van der Waals surface area contributed by atoms with E-state index < -0.39 is 10.9 Å². The van der Waals surface area contributed by atoms with Gasteiger partial charge in [-0.2, -0.15) is 5.10 Å². The summed E-state index contributed by atoms with van der Waals surface area (Å²) in [6.07, 6.45) is 0. The van der Waals surface area contributed by atoms with Crippen molar-refractivity contribution >= 4 is 22.6 Å². The molecule has 1 aliphatic heterocycles. The zero-order valence-electron chi connectivity index (χ0n) is 13.4. The zero-order valence-corrected chi connectivity index (χ0v) is 13.4. The molecule has 0 unspecified atom stereocenters. The molecule has 0 bridgehead atoms. The topological polar surface area (TPSA) is 117 Å². The van der Waals surface area contributed by atoms with Gasteiger partial charge in [-0.3, -0.25) is 15.2 Å². The highest BCUT2D eigenvalue weighted by molar-refractivity contribution is 6.01. The Morgan fingerprint density at radius 1 is 1.35 bits per heavy atom. The van der Waals surface area contributed by atoms with Gasteiger partial charge in [0, 0.05) is 28.6 Å². The number of esters is 1. The maximum absolute atomic E-state index is 12.4. The fraction of sp³-hybridized carbons (Fsp3) is 0.176.